The molecule has 0 aromatic carbocycles. The summed E-state index contributed by atoms with van der Waals surface area (Å²) in [6.07, 6.45) is 1.54. The number of hydrogen-bond acceptors (Lipinski definition) is 6. The van der Waals surface area contributed by atoms with E-state index in [1.165, 1.54) is 17.5 Å². The van der Waals surface area contributed by atoms with Gasteiger partial charge in [-0.05, 0) is 35.0 Å². The van der Waals surface area contributed by atoms with Crippen molar-refractivity contribution in [1.29, 1.82) is 0 Å². The van der Waals surface area contributed by atoms with Crippen LogP contribution in [0.2, 0.25) is 0 Å². The highest BCUT2D eigenvalue weighted by Gasteiger charge is 2.13. The first-order valence-electron chi connectivity index (χ1n) is 5.18. The predicted octanol–water partition coefficient (Wildman–Crippen LogP) is 2.75. The third kappa shape index (κ3) is 3.15. The van der Waals surface area contributed by atoms with Crippen molar-refractivity contribution >= 4 is 44.0 Å². The molecule has 1 amide bonds. The van der Waals surface area contributed by atoms with Crippen molar-refractivity contribution in [1.82, 2.24) is 9.97 Å². The zero-order valence-corrected chi connectivity index (χ0v) is 12.2. The summed E-state index contributed by atoms with van der Waals surface area (Å²) >= 11 is 4.50. The van der Waals surface area contributed by atoms with E-state index in [4.69, 9.17) is 5.21 Å². The fourth-order valence-electron chi connectivity index (χ4n) is 1.26. The van der Waals surface area contributed by atoms with Gasteiger partial charge in [0, 0.05) is 16.0 Å². The molecule has 2 aromatic rings. The molecule has 8 heteroatoms. The second-order valence-electron chi connectivity index (χ2n) is 3.51. The Labute approximate surface area is 121 Å². The normalized spacial score (nSPS) is 11.4. The number of pyridine rings is 1. The molecule has 0 saturated heterocycles. The summed E-state index contributed by atoms with van der Waals surface area (Å²) in [5.41, 5.74) is 1.19. The SMILES string of the molecule is C/C(=N/O)c1csc(NC(=O)c2ncccc2Br)n1. The van der Waals surface area contributed by atoms with Crippen LogP contribution < -0.4 is 5.32 Å². The summed E-state index contributed by atoms with van der Waals surface area (Å²) in [4.78, 5) is 20.1. The Bertz CT molecular complexity index is 641. The van der Waals surface area contributed by atoms with Crippen molar-refractivity contribution < 1.29 is 10.0 Å². The van der Waals surface area contributed by atoms with E-state index in [9.17, 15) is 4.79 Å². The second-order valence-corrected chi connectivity index (χ2v) is 5.22. The zero-order chi connectivity index (χ0) is 13.8. The number of nitrogens with one attached hydrogen (secondary N) is 1. The summed E-state index contributed by atoms with van der Waals surface area (Å²) in [7, 11) is 0. The van der Waals surface area contributed by atoms with E-state index >= 15 is 0 Å². The number of rotatable bonds is 3. The molecule has 2 heterocycles. The first-order valence-corrected chi connectivity index (χ1v) is 6.85. The van der Waals surface area contributed by atoms with Crippen LogP contribution in [0.5, 0.6) is 0 Å². The monoisotopic (exact) mass is 340 g/mol. The molecule has 19 heavy (non-hydrogen) atoms. The lowest BCUT2D eigenvalue weighted by atomic mass is 10.3. The average Bonchev–Trinajstić information content (AvgIpc) is 2.86. The molecular formula is C11H9BrN4O2S. The smallest absolute Gasteiger partial charge is 0.277 e. The molecule has 0 bridgehead atoms. The van der Waals surface area contributed by atoms with E-state index in [0.29, 0.717) is 21.0 Å². The van der Waals surface area contributed by atoms with Crippen molar-refractivity contribution in [3.05, 3.63) is 39.6 Å². The van der Waals surface area contributed by atoms with Gasteiger partial charge >= 0.3 is 0 Å². The summed E-state index contributed by atoms with van der Waals surface area (Å²) < 4.78 is 0.609. The van der Waals surface area contributed by atoms with Crippen molar-refractivity contribution in [3.63, 3.8) is 0 Å². The van der Waals surface area contributed by atoms with Gasteiger partial charge in [-0.2, -0.15) is 0 Å². The predicted molar refractivity (Wildman–Crippen MR) is 76.0 cm³/mol. The number of hydrogen-bond donors (Lipinski definition) is 2. The van der Waals surface area contributed by atoms with Crippen LogP contribution in [0.3, 0.4) is 0 Å². The molecule has 2 rings (SSSR count). The maximum atomic E-state index is 12.0. The highest BCUT2D eigenvalue weighted by atomic mass is 79.9. The van der Waals surface area contributed by atoms with Gasteiger partial charge in [-0.3, -0.25) is 10.1 Å². The molecule has 98 valence electrons. The largest absolute Gasteiger partial charge is 0.411 e. The molecule has 0 spiro atoms. The number of oxime groups is 1. The molecule has 0 fully saturated rings. The maximum absolute atomic E-state index is 12.0. The Morgan fingerprint density at radius 2 is 2.37 bits per heavy atom. The molecule has 0 aliphatic carbocycles. The Hall–Kier alpha value is -1.80. The van der Waals surface area contributed by atoms with Gasteiger partial charge in [0.05, 0.1) is 0 Å². The molecule has 0 atom stereocenters. The van der Waals surface area contributed by atoms with E-state index in [1.807, 2.05) is 0 Å². The number of nitrogens with zero attached hydrogens (tertiary/aromatic N) is 3. The van der Waals surface area contributed by atoms with Crippen LogP contribution >= 0.6 is 27.3 Å². The molecule has 0 aliphatic rings. The van der Waals surface area contributed by atoms with Crippen molar-refractivity contribution in [2.75, 3.05) is 5.32 Å². The fraction of sp³-hybridized carbons (Fsp3) is 0.0909. The summed E-state index contributed by atoms with van der Waals surface area (Å²) in [5, 5.41) is 16.4. The number of aromatic nitrogens is 2. The number of carbonyl (C=O) groups excluding carboxylic acids is 1. The van der Waals surface area contributed by atoms with Crippen molar-refractivity contribution in [2.45, 2.75) is 6.92 Å². The van der Waals surface area contributed by atoms with Crippen molar-refractivity contribution in [2.24, 2.45) is 5.16 Å². The summed E-state index contributed by atoms with van der Waals surface area (Å²) in [5.74, 6) is -0.355. The maximum Gasteiger partial charge on any atom is 0.277 e. The highest BCUT2D eigenvalue weighted by Crippen LogP contribution is 2.19. The fourth-order valence-corrected chi connectivity index (χ4v) is 2.44. The van der Waals surface area contributed by atoms with Gasteiger partial charge in [-0.1, -0.05) is 5.16 Å². The quantitative estimate of drug-likeness (QED) is 0.510. The zero-order valence-electron chi connectivity index (χ0n) is 9.79. The first kappa shape index (κ1) is 13.6. The van der Waals surface area contributed by atoms with Gasteiger partial charge in [0.1, 0.15) is 17.1 Å². The van der Waals surface area contributed by atoms with Crippen LogP contribution in [0, 0.1) is 0 Å². The van der Waals surface area contributed by atoms with E-state index in [2.05, 4.69) is 36.4 Å². The number of amides is 1. The topological polar surface area (TPSA) is 87.5 Å². The second kappa shape index (κ2) is 5.89. The molecule has 0 saturated carbocycles. The van der Waals surface area contributed by atoms with Crippen molar-refractivity contribution in [3.8, 4) is 0 Å². The number of halogens is 1. The number of thiazole rings is 1. The first-order chi connectivity index (χ1) is 9.11. The van der Waals surface area contributed by atoms with Crippen LogP contribution in [0.25, 0.3) is 0 Å². The Morgan fingerprint density at radius 1 is 1.58 bits per heavy atom. The van der Waals surface area contributed by atoms with Gasteiger partial charge in [-0.15, -0.1) is 11.3 Å². The average molecular weight is 341 g/mol. The van der Waals surface area contributed by atoms with Crippen LogP contribution in [0.4, 0.5) is 5.13 Å². The summed E-state index contributed by atoms with van der Waals surface area (Å²) in [6.45, 7) is 1.62. The Morgan fingerprint density at radius 3 is 3.05 bits per heavy atom. The van der Waals surface area contributed by atoms with Gasteiger partial charge in [0.25, 0.3) is 5.91 Å². The molecule has 6 nitrogen and oxygen atoms in total. The van der Waals surface area contributed by atoms with Crippen LogP contribution in [0.15, 0.2) is 33.3 Å². The lowest BCUT2D eigenvalue weighted by Gasteiger charge is -2.02. The summed E-state index contributed by atoms with van der Waals surface area (Å²) in [6, 6.07) is 3.46. The highest BCUT2D eigenvalue weighted by molar-refractivity contribution is 9.10. The molecule has 2 aromatic heterocycles. The molecule has 0 radical (unpaired) electrons. The van der Waals surface area contributed by atoms with Crippen LogP contribution in [0.1, 0.15) is 23.1 Å². The van der Waals surface area contributed by atoms with Gasteiger partial charge in [-0.25, -0.2) is 9.97 Å². The molecule has 2 N–H and O–H groups in total. The minimum atomic E-state index is -0.355. The van der Waals surface area contributed by atoms with E-state index in [0.717, 1.165) is 0 Å². The standard InChI is InChI=1S/C11H9BrN4O2S/c1-6(16-18)8-5-19-11(14-8)15-10(17)9-7(12)3-2-4-13-9/h2-5,18H,1H3,(H,14,15,17)/b16-6-. The van der Waals surface area contributed by atoms with Gasteiger partial charge in [0.2, 0.25) is 0 Å². The number of carbonyl (C=O) groups is 1. The van der Waals surface area contributed by atoms with Gasteiger partial charge < -0.3 is 5.21 Å². The van der Waals surface area contributed by atoms with E-state index in [-0.39, 0.29) is 11.6 Å². The Balaban J connectivity index is 2.16. The lowest BCUT2D eigenvalue weighted by Crippen LogP contribution is -2.14. The lowest BCUT2D eigenvalue weighted by molar-refractivity contribution is 0.102. The third-order valence-corrected chi connectivity index (χ3v) is 3.62. The van der Waals surface area contributed by atoms with Crippen LogP contribution in [-0.2, 0) is 0 Å². The van der Waals surface area contributed by atoms with Crippen LogP contribution in [-0.4, -0.2) is 26.8 Å². The van der Waals surface area contributed by atoms with E-state index in [1.54, 1.807) is 24.4 Å². The molecular weight excluding hydrogens is 332 g/mol. The Kier molecular flexibility index (Phi) is 4.23. The minimum absolute atomic E-state index is 0.284. The van der Waals surface area contributed by atoms with E-state index < -0.39 is 0 Å². The molecule has 0 unspecified atom stereocenters. The van der Waals surface area contributed by atoms with Gasteiger partial charge in [0.15, 0.2) is 5.13 Å². The third-order valence-electron chi connectivity index (χ3n) is 2.22. The number of anilines is 1. The molecule has 0 aliphatic heterocycles. The minimum Gasteiger partial charge on any atom is -0.411 e.